The fraction of sp³-hybridized carbons (Fsp3) is 0.903. The van der Waals surface area contributed by atoms with E-state index in [2.05, 4.69) is 21.0 Å². The molecule has 0 saturated heterocycles. The number of carbonyl (C=O) groups is 3. The molecule has 14 heteroatoms. The molecule has 0 aliphatic rings. The zero-order chi connectivity index (χ0) is 34.6. The molecule has 0 rings (SSSR count). The van der Waals surface area contributed by atoms with Crippen LogP contribution >= 0.6 is 0 Å². The Hall–Kier alpha value is -0.800. The Morgan fingerprint density at radius 1 is 0.711 bits per heavy atom. The molecule has 0 N–H and O–H groups in total. The van der Waals surface area contributed by atoms with E-state index in [1.165, 1.54) is 0 Å². The van der Waals surface area contributed by atoms with Crippen molar-refractivity contribution in [2.75, 3.05) is 101 Å². The van der Waals surface area contributed by atoms with Crippen LogP contribution in [0.3, 0.4) is 0 Å². The van der Waals surface area contributed by atoms with Crippen LogP contribution in [0.2, 0.25) is 0 Å². The van der Waals surface area contributed by atoms with E-state index < -0.39 is 50.0 Å². The Morgan fingerprint density at radius 2 is 1.16 bits per heavy atom. The van der Waals surface area contributed by atoms with Crippen LogP contribution in [0.5, 0.6) is 0 Å². The summed E-state index contributed by atoms with van der Waals surface area (Å²) >= 11 is 0. The molecular formula is C31H62N3NaO9S+2. The van der Waals surface area contributed by atoms with Gasteiger partial charge >= 0.3 is 47.5 Å². The fourth-order valence-corrected chi connectivity index (χ4v) is 6.00. The second-order valence-electron chi connectivity index (χ2n) is 15.0. The van der Waals surface area contributed by atoms with E-state index in [4.69, 9.17) is 14.2 Å². The van der Waals surface area contributed by atoms with E-state index in [1.54, 1.807) is 41.8 Å². The van der Waals surface area contributed by atoms with Gasteiger partial charge in [0, 0.05) is 6.54 Å². The molecule has 0 aromatic rings. The molecule has 45 heavy (non-hydrogen) atoms. The zero-order valence-corrected chi connectivity index (χ0v) is 33.4. The molecule has 0 heterocycles. The number of quaternary nitrogens is 2. The van der Waals surface area contributed by atoms with Crippen molar-refractivity contribution in [3.05, 3.63) is 0 Å². The summed E-state index contributed by atoms with van der Waals surface area (Å²) < 4.78 is 51.0. The second-order valence-corrected chi connectivity index (χ2v) is 16.5. The van der Waals surface area contributed by atoms with Crippen molar-refractivity contribution in [3.8, 4) is 0 Å². The van der Waals surface area contributed by atoms with E-state index in [-0.39, 0.29) is 73.2 Å². The summed E-state index contributed by atoms with van der Waals surface area (Å²) in [6, 6.07) is 0. The van der Waals surface area contributed by atoms with Gasteiger partial charge in [0.1, 0.15) is 43.0 Å². The number of likely N-dealkylation sites (N-methyl/N-ethyl adjacent to an activating group) is 3. The first-order chi connectivity index (χ1) is 19.8. The van der Waals surface area contributed by atoms with Gasteiger partial charge in [0.15, 0.2) is 0 Å². The SMILES string of the molecule is CCC[N+](C)(C)CCOC(=O)C(C)(CC(C)(C)C(=O)OCC[N+](C)(C)CCS(=O)(=O)[O-])CC(C)(CC)C(=O)OCCN(C)C.[Na+]. The summed E-state index contributed by atoms with van der Waals surface area (Å²) in [6.45, 7) is 13.8. The molecule has 0 bridgehead atoms. The number of esters is 3. The maximum atomic E-state index is 13.8. The van der Waals surface area contributed by atoms with Gasteiger partial charge in [0.05, 0.1) is 63.3 Å². The van der Waals surface area contributed by atoms with Gasteiger partial charge in [-0.2, -0.15) is 0 Å². The first-order valence-electron chi connectivity index (χ1n) is 15.6. The minimum Gasteiger partial charge on any atom is -0.748 e. The van der Waals surface area contributed by atoms with Gasteiger partial charge in [0.2, 0.25) is 0 Å². The first-order valence-corrected chi connectivity index (χ1v) is 17.2. The number of ether oxygens (including phenoxy) is 3. The molecule has 0 aliphatic carbocycles. The summed E-state index contributed by atoms with van der Waals surface area (Å²) in [5.41, 5.74) is -3.33. The van der Waals surface area contributed by atoms with Gasteiger partial charge in [-0.05, 0) is 67.5 Å². The molecule has 0 radical (unpaired) electrons. The van der Waals surface area contributed by atoms with Gasteiger partial charge in [-0.25, -0.2) is 8.42 Å². The van der Waals surface area contributed by atoms with Gasteiger partial charge in [0.25, 0.3) is 0 Å². The van der Waals surface area contributed by atoms with Crippen molar-refractivity contribution >= 4 is 28.0 Å². The third kappa shape index (κ3) is 18.4. The molecule has 0 amide bonds. The average Bonchev–Trinajstić information content (AvgIpc) is 2.86. The summed E-state index contributed by atoms with van der Waals surface area (Å²) in [6.07, 6.45) is 1.60. The minimum atomic E-state index is -4.35. The van der Waals surface area contributed by atoms with Crippen LogP contribution in [0.15, 0.2) is 0 Å². The number of rotatable bonds is 22. The van der Waals surface area contributed by atoms with Gasteiger partial charge in [-0.15, -0.1) is 0 Å². The maximum Gasteiger partial charge on any atom is 1.00 e. The van der Waals surface area contributed by atoms with Crippen molar-refractivity contribution < 1.29 is 80.1 Å². The summed E-state index contributed by atoms with van der Waals surface area (Å²) in [5.74, 6) is -1.92. The number of hydrogen-bond donors (Lipinski definition) is 0. The Kier molecular flexibility index (Phi) is 19.8. The Bertz CT molecular complexity index is 1050. The van der Waals surface area contributed by atoms with Crippen LogP contribution < -0.4 is 29.6 Å². The van der Waals surface area contributed by atoms with Gasteiger partial charge < -0.3 is 32.6 Å². The van der Waals surface area contributed by atoms with E-state index in [9.17, 15) is 27.4 Å². The predicted molar refractivity (Wildman–Crippen MR) is 169 cm³/mol. The Balaban J connectivity index is 0. The van der Waals surface area contributed by atoms with Crippen LogP contribution in [-0.2, 0) is 38.7 Å². The van der Waals surface area contributed by atoms with Crippen molar-refractivity contribution in [2.24, 2.45) is 16.2 Å². The van der Waals surface area contributed by atoms with Crippen LogP contribution in [0, 0.1) is 16.2 Å². The van der Waals surface area contributed by atoms with Crippen LogP contribution in [0.1, 0.15) is 67.2 Å². The summed E-state index contributed by atoms with van der Waals surface area (Å²) in [7, 11) is 7.08. The Morgan fingerprint density at radius 3 is 1.60 bits per heavy atom. The van der Waals surface area contributed by atoms with E-state index in [0.29, 0.717) is 30.5 Å². The topological polar surface area (TPSA) is 139 Å². The van der Waals surface area contributed by atoms with Crippen molar-refractivity contribution in [1.29, 1.82) is 0 Å². The predicted octanol–water partition coefficient (Wildman–Crippen LogP) is -0.481. The third-order valence-electron chi connectivity index (χ3n) is 8.34. The monoisotopic (exact) mass is 675 g/mol. The molecule has 0 fully saturated rings. The quantitative estimate of drug-likeness (QED) is 0.0486. The number of carbonyl (C=O) groups excluding carboxylic acids is 3. The normalized spacial score (nSPS) is 15.4. The van der Waals surface area contributed by atoms with Crippen LogP contribution in [0.25, 0.3) is 0 Å². The number of hydrogen-bond acceptors (Lipinski definition) is 10. The third-order valence-corrected chi connectivity index (χ3v) is 9.02. The van der Waals surface area contributed by atoms with Crippen LogP contribution in [-0.4, -0.2) is 145 Å². The fourth-order valence-electron chi connectivity index (χ4n) is 5.28. The van der Waals surface area contributed by atoms with Crippen molar-refractivity contribution in [2.45, 2.75) is 67.2 Å². The summed E-state index contributed by atoms with van der Waals surface area (Å²) in [4.78, 5) is 42.4. The van der Waals surface area contributed by atoms with Gasteiger partial charge in [-0.3, -0.25) is 14.4 Å². The molecule has 0 saturated carbocycles. The first kappa shape index (κ1) is 46.3. The standard InChI is InChI=1S/C31H62N3O9S.Na/c1-13-16-33(9,10)17-22-43-28(37)31(6,25-30(5,14-2)27(36)41-20-15-32(7)8)24-29(3,4)26(35)42-21-18-34(11,12)19-23-44(38,39)40;/h13-25H2,1-12H3;/q2*+1. The summed E-state index contributed by atoms with van der Waals surface area (Å²) in [5, 5.41) is 0. The maximum absolute atomic E-state index is 13.8. The molecule has 0 spiro atoms. The average molecular weight is 676 g/mol. The largest absolute Gasteiger partial charge is 1.00 e. The van der Waals surface area contributed by atoms with E-state index in [1.807, 2.05) is 25.9 Å². The smallest absolute Gasteiger partial charge is 0.748 e. The molecule has 260 valence electrons. The molecular weight excluding hydrogens is 613 g/mol. The zero-order valence-electron chi connectivity index (χ0n) is 30.6. The molecule has 0 aromatic heterocycles. The molecule has 12 nitrogen and oxygen atoms in total. The van der Waals surface area contributed by atoms with Crippen LogP contribution in [0.4, 0.5) is 0 Å². The van der Waals surface area contributed by atoms with E-state index >= 15 is 0 Å². The van der Waals surface area contributed by atoms with Crippen molar-refractivity contribution in [1.82, 2.24) is 4.90 Å². The molecule has 0 aromatic carbocycles. The minimum absolute atomic E-state index is 0. The van der Waals surface area contributed by atoms with Crippen molar-refractivity contribution in [3.63, 3.8) is 0 Å². The van der Waals surface area contributed by atoms with Gasteiger partial charge in [-0.1, -0.05) is 13.8 Å². The van der Waals surface area contributed by atoms with E-state index in [0.717, 1.165) is 13.0 Å². The number of nitrogens with zero attached hydrogens (tertiary/aromatic N) is 3. The molecule has 0 aliphatic heterocycles. The molecule has 2 atom stereocenters. The Labute approximate surface area is 295 Å². The second kappa shape index (κ2) is 19.3. The molecule has 2 unspecified atom stereocenters.